The van der Waals surface area contributed by atoms with E-state index in [1.807, 2.05) is 37.3 Å². The number of rotatable bonds is 13. The molecule has 0 aliphatic heterocycles. The first-order valence-corrected chi connectivity index (χ1v) is 16.2. The Kier molecular flexibility index (Phi) is 11.9. The maximum Gasteiger partial charge on any atom is 0.244 e. The Morgan fingerprint density at radius 1 is 0.902 bits per heavy atom. The van der Waals surface area contributed by atoms with Crippen LogP contribution in [0.5, 0.6) is 0 Å². The zero-order chi connectivity index (χ0) is 30.2. The Hall–Kier alpha value is -2.78. The number of carbonyl (C=O) groups excluding carboxylic acids is 2. The molecule has 0 heterocycles. The van der Waals surface area contributed by atoms with Crippen molar-refractivity contribution in [2.45, 2.75) is 45.7 Å². The Morgan fingerprint density at radius 3 is 2.24 bits per heavy atom. The highest BCUT2D eigenvalue weighted by atomic mass is 35.5. The number of benzene rings is 3. The van der Waals surface area contributed by atoms with Crippen LogP contribution in [0.25, 0.3) is 0 Å². The fraction of sp³-hybridized carbons (Fsp3) is 0.333. The van der Waals surface area contributed by atoms with Gasteiger partial charge in [0.1, 0.15) is 12.6 Å². The highest BCUT2D eigenvalue weighted by Gasteiger charge is 2.33. The first-order chi connectivity index (χ1) is 19.4. The molecule has 0 fully saturated rings. The average Bonchev–Trinajstić information content (AvgIpc) is 2.93. The molecule has 1 N–H and O–H groups in total. The van der Waals surface area contributed by atoms with Gasteiger partial charge in [0.2, 0.25) is 21.8 Å². The monoisotopic (exact) mass is 637 g/mol. The van der Waals surface area contributed by atoms with Gasteiger partial charge in [-0.15, -0.1) is 0 Å². The number of amides is 2. The van der Waals surface area contributed by atoms with Crippen molar-refractivity contribution in [2.24, 2.45) is 0 Å². The van der Waals surface area contributed by atoms with Crippen LogP contribution < -0.4 is 9.62 Å². The molecule has 11 heteroatoms. The number of hydrogen-bond acceptors (Lipinski definition) is 4. The molecule has 1 unspecified atom stereocenters. The lowest BCUT2D eigenvalue weighted by molar-refractivity contribution is -0.140. The van der Waals surface area contributed by atoms with Crippen molar-refractivity contribution in [3.8, 4) is 0 Å². The standard InChI is InChI=1S/C30H34Cl3N3O4S/c1-4-5-16-34-30(38)28(18-22-10-7-6-8-11-22)35(19-23-14-15-25(32)26(33)17-23)29(37)20-36(41(3,39)40)27-13-9-12-24(31)21(27)2/h6-15,17,28H,4-5,16,18-20H2,1-3H3,(H,34,38). The number of halogens is 3. The molecule has 0 saturated carbocycles. The predicted octanol–water partition coefficient (Wildman–Crippen LogP) is 6.28. The van der Waals surface area contributed by atoms with Gasteiger partial charge in [0, 0.05) is 24.5 Å². The van der Waals surface area contributed by atoms with Gasteiger partial charge in [-0.05, 0) is 54.3 Å². The van der Waals surface area contributed by atoms with Gasteiger partial charge in [-0.1, -0.05) is 90.6 Å². The number of sulfonamides is 1. The van der Waals surface area contributed by atoms with Gasteiger partial charge >= 0.3 is 0 Å². The second-order valence-corrected chi connectivity index (χ2v) is 12.9. The lowest BCUT2D eigenvalue weighted by Crippen LogP contribution is -2.53. The summed E-state index contributed by atoms with van der Waals surface area (Å²) in [6.07, 6.45) is 2.92. The molecule has 3 rings (SSSR count). The molecule has 0 bridgehead atoms. The van der Waals surface area contributed by atoms with Crippen LogP contribution in [-0.2, 0) is 32.6 Å². The lowest BCUT2D eigenvalue weighted by Gasteiger charge is -2.34. The van der Waals surface area contributed by atoms with E-state index < -0.39 is 28.5 Å². The van der Waals surface area contributed by atoms with Crippen LogP contribution in [0.2, 0.25) is 15.1 Å². The van der Waals surface area contributed by atoms with Gasteiger partial charge in [0.25, 0.3) is 0 Å². The normalized spacial score (nSPS) is 12.0. The minimum absolute atomic E-state index is 0.000546. The fourth-order valence-corrected chi connectivity index (χ4v) is 5.75. The van der Waals surface area contributed by atoms with Gasteiger partial charge < -0.3 is 10.2 Å². The first-order valence-electron chi connectivity index (χ1n) is 13.2. The van der Waals surface area contributed by atoms with E-state index in [-0.39, 0.29) is 24.6 Å². The molecule has 220 valence electrons. The molecule has 0 radical (unpaired) electrons. The second-order valence-electron chi connectivity index (χ2n) is 9.77. The molecular weight excluding hydrogens is 605 g/mol. The van der Waals surface area contributed by atoms with Gasteiger partial charge in [-0.25, -0.2) is 8.42 Å². The number of anilines is 1. The van der Waals surface area contributed by atoms with E-state index >= 15 is 0 Å². The Labute approximate surface area is 257 Å². The minimum Gasteiger partial charge on any atom is -0.354 e. The molecule has 0 spiro atoms. The van der Waals surface area contributed by atoms with Gasteiger partial charge in [0.05, 0.1) is 22.0 Å². The van der Waals surface area contributed by atoms with Crippen LogP contribution in [0, 0.1) is 6.92 Å². The molecule has 0 aliphatic carbocycles. The molecule has 3 aromatic rings. The van der Waals surface area contributed by atoms with Crippen molar-refractivity contribution < 1.29 is 18.0 Å². The first kappa shape index (κ1) is 32.7. The third-order valence-corrected chi connectivity index (χ3v) is 8.90. The van der Waals surface area contributed by atoms with Crippen molar-refractivity contribution in [3.63, 3.8) is 0 Å². The number of hydrogen-bond donors (Lipinski definition) is 1. The van der Waals surface area contributed by atoms with E-state index in [1.165, 1.54) is 4.90 Å². The number of nitrogens with one attached hydrogen (secondary N) is 1. The van der Waals surface area contributed by atoms with Crippen molar-refractivity contribution in [1.29, 1.82) is 0 Å². The van der Waals surface area contributed by atoms with Crippen molar-refractivity contribution in [1.82, 2.24) is 10.2 Å². The van der Waals surface area contributed by atoms with Crippen molar-refractivity contribution in [2.75, 3.05) is 23.7 Å². The molecule has 2 amide bonds. The van der Waals surface area contributed by atoms with E-state index in [0.29, 0.717) is 32.7 Å². The van der Waals surface area contributed by atoms with Gasteiger partial charge in [0.15, 0.2) is 0 Å². The van der Waals surface area contributed by atoms with Gasteiger partial charge in [-0.3, -0.25) is 13.9 Å². The second kappa shape index (κ2) is 14.9. The molecule has 1 atom stereocenters. The largest absolute Gasteiger partial charge is 0.354 e. The molecule has 41 heavy (non-hydrogen) atoms. The fourth-order valence-electron chi connectivity index (χ4n) is 4.36. The van der Waals surface area contributed by atoms with Gasteiger partial charge in [-0.2, -0.15) is 0 Å². The van der Waals surface area contributed by atoms with Crippen LogP contribution in [0.1, 0.15) is 36.5 Å². The summed E-state index contributed by atoms with van der Waals surface area (Å²) in [6.45, 7) is 3.63. The SMILES string of the molecule is CCCCNC(=O)C(Cc1ccccc1)N(Cc1ccc(Cl)c(Cl)c1)C(=O)CN(c1cccc(Cl)c1C)S(C)(=O)=O. The van der Waals surface area contributed by atoms with E-state index in [9.17, 15) is 18.0 Å². The summed E-state index contributed by atoms with van der Waals surface area (Å²) in [4.78, 5) is 29.2. The minimum atomic E-state index is -3.91. The van der Waals surface area contributed by atoms with Crippen LogP contribution in [-0.4, -0.2) is 50.5 Å². The molecule has 0 saturated heterocycles. The summed E-state index contributed by atoms with van der Waals surface area (Å²) in [5.74, 6) is -0.895. The molecule has 0 aromatic heterocycles. The van der Waals surface area contributed by atoms with E-state index in [4.69, 9.17) is 34.8 Å². The summed E-state index contributed by atoms with van der Waals surface area (Å²) in [5, 5.41) is 3.97. The average molecular weight is 639 g/mol. The summed E-state index contributed by atoms with van der Waals surface area (Å²) in [7, 11) is -3.91. The summed E-state index contributed by atoms with van der Waals surface area (Å²) < 4.78 is 26.9. The van der Waals surface area contributed by atoms with E-state index in [0.717, 1.165) is 29.0 Å². The Bertz CT molecular complexity index is 1470. The highest BCUT2D eigenvalue weighted by molar-refractivity contribution is 7.92. The molecule has 0 aliphatic rings. The highest BCUT2D eigenvalue weighted by Crippen LogP contribution is 2.29. The van der Waals surface area contributed by atoms with Crippen LogP contribution >= 0.6 is 34.8 Å². The third kappa shape index (κ3) is 9.10. The zero-order valence-corrected chi connectivity index (χ0v) is 26.3. The summed E-state index contributed by atoms with van der Waals surface area (Å²) in [6, 6.07) is 18.3. The van der Waals surface area contributed by atoms with Crippen LogP contribution in [0.15, 0.2) is 66.7 Å². The van der Waals surface area contributed by atoms with Crippen molar-refractivity contribution in [3.05, 3.63) is 98.5 Å². The summed E-state index contributed by atoms with van der Waals surface area (Å²) >= 11 is 18.7. The third-order valence-electron chi connectivity index (χ3n) is 6.62. The lowest BCUT2D eigenvalue weighted by atomic mass is 10.0. The number of carbonyl (C=O) groups is 2. The van der Waals surface area contributed by atoms with Crippen LogP contribution in [0.3, 0.4) is 0 Å². The number of unbranched alkanes of at least 4 members (excludes halogenated alkanes) is 1. The Balaban J connectivity index is 2.08. The van der Waals surface area contributed by atoms with Crippen LogP contribution in [0.4, 0.5) is 5.69 Å². The maximum absolute atomic E-state index is 14.1. The Morgan fingerprint density at radius 2 is 1.61 bits per heavy atom. The zero-order valence-electron chi connectivity index (χ0n) is 23.2. The summed E-state index contributed by atoms with van der Waals surface area (Å²) in [5.41, 5.74) is 2.29. The predicted molar refractivity (Wildman–Crippen MR) is 167 cm³/mol. The smallest absolute Gasteiger partial charge is 0.244 e. The van der Waals surface area contributed by atoms with E-state index in [2.05, 4.69) is 5.32 Å². The van der Waals surface area contributed by atoms with Crippen molar-refractivity contribution >= 4 is 62.3 Å². The molecular formula is C30H34Cl3N3O4S. The molecule has 7 nitrogen and oxygen atoms in total. The van der Waals surface area contributed by atoms with E-state index in [1.54, 1.807) is 43.3 Å². The topological polar surface area (TPSA) is 86.8 Å². The number of nitrogens with zero attached hydrogens (tertiary/aromatic N) is 2. The maximum atomic E-state index is 14.1. The molecule has 3 aromatic carbocycles. The quantitative estimate of drug-likeness (QED) is 0.223.